The predicted molar refractivity (Wildman–Crippen MR) is 55.8 cm³/mol. The number of halogens is 1. The van der Waals surface area contributed by atoms with Crippen molar-refractivity contribution in [3.63, 3.8) is 0 Å². The molecule has 0 aromatic heterocycles. The lowest BCUT2D eigenvalue weighted by atomic mass is 10.1. The van der Waals surface area contributed by atoms with Gasteiger partial charge in [0.25, 0.3) is 0 Å². The largest absolute Gasteiger partial charge is 0.397 e. The number of rotatable bonds is 1. The molecule has 13 heavy (non-hydrogen) atoms. The van der Waals surface area contributed by atoms with Crippen molar-refractivity contribution in [2.75, 3.05) is 5.73 Å². The number of nitrogens with zero attached hydrogens (tertiary/aromatic N) is 1. The molecule has 1 rings (SSSR count). The van der Waals surface area contributed by atoms with Crippen molar-refractivity contribution in [1.29, 1.82) is 10.7 Å². The van der Waals surface area contributed by atoms with Gasteiger partial charge in [0, 0.05) is 15.7 Å². The maximum atomic E-state index is 8.73. The Bertz CT molecular complexity index is 404. The molecule has 3 nitrogen and oxygen atoms in total. The first-order valence-corrected chi connectivity index (χ1v) is 4.40. The van der Waals surface area contributed by atoms with Crippen LogP contribution in [0.5, 0.6) is 0 Å². The van der Waals surface area contributed by atoms with Gasteiger partial charge in [0.05, 0.1) is 11.3 Å². The van der Waals surface area contributed by atoms with E-state index in [1.54, 1.807) is 19.1 Å². The van der Waals surface area contributed by atoms with E-state index in [-0.39, 0.29) is 0 Å². The molecular formula is C9H8BrN3. The Balaban J connectivity index is 3.47. The quantitative estimate of drug-likeness (QED) is 0.581. The second-order valence-corrected chi connectivity index (χ2v) is 3.57. The molecule has 0 bridgehead atoms. The number of hydrogen-bond donors (Lipinski definition) is 2. The van der Waals surface area contributed by atoms with Crippen LogP contribution in [0, 0.1) is 16.7 Å². The summed E-state index contributed by atoms with van der Waals surface area (Å²) in [5.74, 6) is 0. The summed E-state index contributed by atoms with van der Waals surface area (Å²) in [6, 6.07) is 5.35. The van der Waals surface area contributed by atoms with Crippen LogP contribution < -0.4 is 5.73 Å². The van der Waals surface area contributed by atoms with E-state index >= 15 is 0 Å². The van der Waals surface area contributed by atoms with E-state index in [1.165, 1.54) is 0 Å². The zero-order chi connectivity index (χ0) is 10.0. The molecule has 0 saturated carbocycles. The zero-order valence-corrected chi connectivity index (χ0v) is 8.64. The second-order valence-electron chi connectivity index (χ2n) is 2.65. The molecule has 0 aliphatic heterocycles. The average Bonchev–Trinajstić information content (AvgIpc) is 2.08. The fraction of sp³-hybridized carbons (Fsp3) is 0.111. The van der Waals surface area contributed by atoms with Crippen molar-refractivity contribution in [2.24, 2.45) is 0 Å². The van der Waals surface area contributed by atoms with Crippen molar-refractivity contribution in [2.45, 2.75) is 6.92 Å². The molecule has 3 N–H and O–H groups in total. The van der Waals surface area contributed by atoms with Gasteiger partial charge in [0.1, 0.15) is 6.07 Å². The standard InChI is InChI=1S/C9H8BrN3/c1-5(12)8-3-7(10)2-6(4-11)9(8)13/h2-3,12H,13H2,1H3. The van der Waals surface area contributed by atoms with Gasteiger partial charge in [-0.05, 0) is 19.1 Å². The number of hydrogen-bond acceptors (Lipinski definition) is 3. The topological polar surface area (TPSA) is 73.7 Å². The van der Waals surface area contributed by atoms with Gasteiger partial charge in [-0.25, -0.2) is 0 Å². The maximum Gasteiger partial charge on any atom is 0.101 e. The van der Waals surface area contributed by atoms with Gasteiger partial charge in [0.15, 0.2) is 0 Å². The third kappa shape index (κ3) is 1.87. The van der Waals surface area contributed by atoms with Crippen molar-refractivity contribution in [1.82, 2.24) is 0 Å². The van der Waals surface area contributed by atoms with E-state index in [1.807, 2.05) is 6.07 Å². The van der Waals surface area contributed by atoms with Gasteiger partial charge in [-0.15, -0.1) is 0 Å². The molecule has 66 valence electrons. The molecule has 0 aliphatic carbocycles. The van der Waals surface area contributed by atoms with Gasteiger partial charge >= 0.3 is 0 Å². The average molecular weight is 238 g/mol. The molecule has 1 aromatic rings. The SMILES string of the molecule is CC(=N)c1cc(Br)cc(C#N)c1N. The van der Waals surface area contributed by atoms with Crippen LogP contribution in [0.1, 0.15) is 18.1 Å². The minimum absolute atomic E-state index is 0.357. The highest BCUT2D eigenvalue weighted by Crippen LogP contribution is 2.23. The van der Waals surface area contributed by atoms with Gasteiger partial charge in [0.2, 0.25) is 0 Å². The first-order valence-electron chi connectivity index (χ1n) is 3.61. The summed E-state index contributed by atoms with van der Waals surface area (Å²) in [7, 11) is 0. The summed E-state index contributed by atoms with van der Waals surface area (Å²) in [5, 5.41) is 16.2. The molecule has 0 spiro atoms. The van der Waals surface area contributed by atoms with Crippen molar-refractivity contribution < 1.29 is 0 Å². The third-order valence-electron chi connectivity index (χ3n) is 1.67. The molecule has 0 saturated heterocycles. The lowest BCUT2D eigenvalue weighted by Gasteiger charge is -2.05. The summed E-state index contributed by atoms with van der Waals surface area (Å²) >= 11 is 3.25. The minimum Gasteiger partial charge on any atom is -0.397 e. The predicted octanol–water partition coefficient (Wildman–Crippen LogP) is 2.29. The Morgan fingerprint density at radius 1 is 1.62 bits per heavy atom. The van der Waals surface area contributed by atoms with E-state index in [0.29, 0.717) is 22.5 Å². The second kappa shape index (κ2) is 3.58. The number of benzene rings is 1. The smallest absolute Gasteiger partial charge is 0.101 e. The van der Waals surface area contributed by atoms with Crippen LogP contribution in [0.3, 0.4) is 0 Å². The molecule has 0 heterocycles. The highest BCUT2D eigenvalue weighted by Gasteiger charge is 2.07. The summed E-state index contributed by atoms with van der Waals surface area (Å²) in [5.41, 5.74) is 7.41. The monoisotopic (exact) mass is 237 g/mol. The highest BCUT2D eigenvalue weighted by atomic mass is 79.9. The molecule has 0 amide bonds. The minimum atomic E-state index is 0.357. The Kier molecular flexibility index (Phi) is 2.69. The van der Waals surface area contributed by atoms with Crippen molar-refractivity contribution in [3.05, 3.63) is 27.7 Å². The first-order chi connectivity index (χ1) is 6.06. The van der Waals surface area contributed by atoms with Crippen LogP contribution >= 0.6 is 15.9 Å². The lowest BCUT2D eigenvalue weighted by Crippen LogP contribution is -2.02. The summed E-state index contributed by atoms with van der Waals surface area (Å²) < 4.78 is 0.764. The molecule has 0 radical (unpaired) electrons. The van der Waals surface area contributed by atoms with Crippen molar-refractivity contribution in [3.8, 4) is 6.07 Å². The zero-order valence-electron chi connectivity index (χ0n) is 7.06. The summed E-state index contributed by atoms with van der Waals surface area (Å²) in [4.78, 5) is 0. The van der Waals surface area contributed by atoms with E-state index in [2.05, 4.69) is 15.9 Å². The normalized spacial score (nSPS) is 9.31. The van der Waals surface area contributed by atoms with Gasteiger partial charge in [-0.3, -0.25) is 0 Å². The van der Waals surface area contributed by atoms with Crippen LogP contribution in [0.25, 0.3) is 0 Å². The van der Waals surface area contributed by atoms with Gasteiger partial charge in [-0.1, -0.05) is 15.9 Å². The van der Waals surface area contributed by atoms with E-state index in [0.717, 1.165) is 4.47 Å². The fourth-order valence-corrected chi connectivity index (χ4v) is 1.48. The van der Waals surface area contributed by atoms with Crippen LogP contribution in [-0.2, 0) is 0 Å². The van der Waals surface area contributed by atoms with E-state index in [4.69, 9.17) is 16.4 Å². The number of anilines is 1. The maximum absolute atomic E-state index is 8.73. The molecule has 0 fully saturated rings. The van der Waals surface area contributed by atoms with E-state index in [9.17, 15) is 0 Å². The first kappa shape index (κ1) is 9.75. The number of nitrogen functional groups attached to an aromatic ring is 1. The van der Waals surface area contributed by atoms with Crippen LogP contribution in [-0.4, -0.2) is 5.71 Å². The molecule has 0 atom stereocenters. The number of nitriles is 1. The Morgan fingerprint density at radius 3 is 2.69 bits per heavy atom. The van der Waals surface area contributed by atoms with Crippen molar-refractivity contribution >= 4 is 27.3 Å². The summed E-state index contributed by atoms with van der Waals surface area (Å²) in [6.07, 6.45) is 0. The third-order valence-corrected chi connectivity index (χ3v) is 2.13. The highest BCUT2D eigenvalue weighted by molar-refractivity contribution is 9.10. The lowest BCUT2D eigenvalue weighted by molar-refractivity contribution is 1.42. The Hall–Kier alpha value is -1.34. The molecule has 0 unspecified atom stereocenters. The Morgan fingerprint density at radius 2 is 2.23 bits per heavy atom. The molecule has 4 heteroatoms. The van der Waals surface area contributed by atoms with Gasteiger partial charge < -0.3 is 11.1 Å². The van der Waals surface area contributed by atoms with Crippen LogP contribution in [0.2, 0.25) is 0 Å². The molecule has 0 aliphatic rings. The van der Waals surface area contributed by atoms with Crippen LogP contribution in [0.15, 0.2) is 16.6 Å². The number of nitrogens with two attached hydrogens (primary N) is 1. The summed E-state index contributed by atoms with van der Waals surface area (Å²) in [6.45, 7) is 1.64. The Labute approximate surface area is 84.8 Å². The van der Waals surface area contributed by atoms with E-state index < -0.39 is 0 Å². The van der Waals surface area contributed by atoms with Gasteiger partial charge in [-0.2, -0.15) is 5.26 Å². The number of nitrogens with one attached hydrogen (secondary N) is 1. The molecular weight excluding hydrogens is 230 g/mol. The molecule has 1 aromatic carbocycles. The fourth-order valence-electron chi connectivity index (χ4n) is 1.02. The van der Waals surface area contributed by atoms with Crippen LogP contribution in [0.4, 0.5) is 5.69 Å².